The van der Waals surface area contributed by atoms with Gasteiger partial charge in [0.05, 0.1) is 6.17 Å². The number of halogens is 5. The summed E-state index contributed by atoms with van der Waals surface area (Å²) in [5.74, 6) is -2.07. The highest BCUT2D eigenvalue weighted by atomic mass is 19.4. The van der Waals surface area contributed by atoms with Gasteiger partial charge in [0, 0.05) is 13.1 Å². The fraction of sp³-hybridized carbons (Fsp3) is 0.500. The fourth-order valence-electron chi connectivity index (χ4n) is 5.35. The fourth-order valence-corrected chi connectivity index (χ4v) is 5.35. The minimum absolute atomic E-state index is 0.131. The second-order valence-corrected chi connectivity index (χ2v) is 11.0. The highest BCUT2D eigenvalue weighted by Crippen LogP contribution is 2.52. The molecular weight excluding hydrogens is 521 g/mol. The zero-order chi connectivity index (χ0) is 28.6. The van der Waals surface area contributed by atoms with E-state index in [4.69, 9.17) is 4.74 Å². The zero-order valence-electron chi connectivity index (χ0n) is 22.1. The largest absolute Gasteiger partial charge is 0.444 e. The number of alkyl halides is 3. The summed E-state index contributed by atoms with van der Waals surface area (Å²) in [5, 5.41) is 4.83. The molecule has 1 aliphatic carbocycles. The second-order valence-electron chi connectivity index (χ2n) is 11.0. The maximum absolute atomic E-state index is 14.2. The number of likely N-dealkylation sites (tertiary alicyclic amines) is 1. The van der Waals surface area contributed by atoms with Crippen LogP contribution in [0.2, 0.25) is 0 Å². The third-order valence-corrected chi connectivity index (χ3v) is 7.07. The molecule has 1 heterocycles. The van der Waals surface area contributed by atoms with Crippen molar-refractivity contribution in [3.63, 3.8) is 0 Å². The van der Waals surface area contributed by atoms with Crippen LogP contribution < -0.4 is 10.6 Å². The van der Waals surface area contributed by atoms with Gasteiger partial charge in [-0.05, 0) is 86.6 Å². The van der Waals surface area contributed by atoms with Gasteiger partial charge in [0.25, 0.3) is 0 Å². The first-order chi connectivity index (χ1) is 18.2. The first kappa shape index (κ1) is 28.8. The van der Waals surface area contributed by atoms with Gasteiger partial charge in [-0.15, -0.1) is 0 Å². The van der Waals surface area contributed by atoms with E-state index in [2.05, 4.69) is 5.32 Å². The molecule has 1 atom stereocenters. The first-order valence-corrected chi connectivity index (χ1v) is 12.9. The maximum atomic E-state index is 14.2. The van der Waals surface area contributed by atoms with E-state index in [1.54, 1.807) is 20.8 Å². The molecule has 2 amide bonds. The molecule has 6 nitrogen and oxygen atoms in total. The molecule has 2 aromatic carbocycles. The molecule has 0 saturated carbocycles. The Morgan fingerprint density at radius 2 is 1.59 bits per heavy atom. The molecule has 1 aliphatic heterocycles. The average molecular weight is 554 g/mol. The van der Waals surface area contributed by atoms with E-state index in [0.29, 0.717) is 30.5 Å². The maximum Gasteiger partial charge on any atom is 0.408 e. The van der Waals surface area contributed by atoms with Crippen LogP contribution in [-0.4, -0.2) is 54.5 Å². The van der Waals surface area contributed by atoms with Crippen LogP contribution in [0, 0.1) is 11.6 Å². The number of hydrogen-bond acceptors (Lipinski definition) is 4. The molecule has 1 unspecified atom stereocenters. The topological polar surface area (TPSA) is 70.7 Å². The second kappa shape index (κ2) is 10.7. The van der Waals surface area contributed by atoms with Gasteiger partial charge < -0.3 is 15.4 Å². The lowest BCUT2D eigenvalue weighted by Gasteiger charge is -2.41. The minimum atomic E-state index is -4.62. The number of hydrogen-bond donors (Lipinski definition) is 2. The number of rotatable bonds is 8. The molecule has 2 N–H and O–H groups in total. The lowest BCUT2D eigenvalue weighted by Crippen LogP contribution is -2.58. The summed E-state index contributed by atoms with van der Waals surface area (Å²) in [5.41, 5.74) is -0.901. The molecule has 0 bridgehead atoms. The van der Waals surface area contributed by atoms with Gasteiger partial charge in [-0.3, -0.25) is 9.69 Å². The van der Waals surface area contributed by atoms with Crippen molar-refractivity contribution in [2.75, 3.05) is 19.6 Å². The van der Waals surface area contributed by atoms with Gasteiger partial charge in [-0.25, -0.2) is 13.6 Å². The van der Waals surface area contributed by atoms with E-state index in [1.807, 2.05) is 10.2 Å². The number of carbonyl (C=O) groups excluding carboxylic acids is 2. The Morgan fingerprint density at radius 3 is 2.08 bits per heavy atom. The van der Waals surface area contributed by atoms with Crippen molar-refractivity contribution in [2.24, 2.45) is 0 Å². The Balaban J connectivity index is 1.52. The van der Waals surface area contributed by atoms with Crippen LogP contribution in [-0.2, 0) is 14.9 Å². The molecule has 2 aromatic rings. The Bertz CT molecular complexity index is 1190. The summed E-state index contributed by atoms with van der Waals surface area (Å²) >= 11 is 0. The number of benzene rings is 2. The van der Waals surface area contributed by atoms with Crippen molar-refractivity contribution in [1.82, 2.24) is 15.5 Å². The van der Waals surface area contributed by atoms with Crippen LogP contribution in [0.1, 0.15) is 57.6 Å². The van der Waals surface area contributed by atoms with Crippen LogP contribution in [0.5, 0.6) is 0 Å². The van der Waals surface area contributed by atoms with E-state index in [1.165, 1.54) is 24.3 Å². The number of nitrogens with zero attached hydrogens (tertiary/aromatic N) is 1. The van der Waals surface area contributed by atoms with E-state index in [-0.39, 0.29) is 23.7 Å². The van der Waals surface area contributed by atoms with Crippen LogP contribution in [0.25, 0.3) is 11.1 Å². The predicted molar refractivity (Wildman–Crippen MR) is 135 cm³/mol. The summed E-state index contributed by atoms with van der Waals surface area (Å²) in [6.45, 7) is 5.12. The molecule has 0 aromatic heterocycles. The normalized spacial score (nSPS) is 18.1. The summed E-state index contributed by atoms with van der Waals surface area (Å²) < 4.78 is 72.7. The standard InChI is InChI=1S/C28H32F5N3O3/c1-26(2,3)39-25(38)35-23-10-13-36(23)12-5-4-11-27(24(37)34-16-28(31,32)33)21-8-6-17(29)14-19(21)20-15-18(30)7-9-22(20)27/h6-9,14-15,23H,4-5,10-13,16H2,1-3H3,(H,34,37)(H,35,38). The third kappa shape index (κ3) is 6.34. The quantitative estimate of drug-likeness (QED) is 0.328. The monoisotopic (exact) mass is 553 g/mol. The smallest absolute Gasteiger partial charge is 0.408 e. The van der Waals surface area contributed by atoms with Gasteiger partial charge in [-0.2, -0.15) is 13.2 Å². The van der Waals surface area contributed by atoms with Gasteiger partial charge in [0.1, 0.15) is 29.2 Å². The Labute approximate surface area is 223 Å². The van der Waals surface area contributed by atoms with Crippen molar-refractivity contribution in [1.29, 1.82) is 0 Å². The zero-order valence-corrected chi connectivity index (χ0v) is 22.1. The SMILES string of the molecule is CC(C)(C)OC(=O)NC1CCN1CCCCC1(C(=O)NCC(F)(F)F)c2ccc(F)cc2-c2cc(F)ccc21. The van der Waals surface area contributed by atoms with Crippen LogP contribution >= 0.6 is 0 Å². The van der Waals surface area contributed by atoms with E-state index < -0.39 is 47.4 Å². The van der Waals surface area contributed by atoms with Crippen LogP contribution in [0.4, 0.5) is 26.7 Å². The Morgan fingerprint density at radius 1 is 1.00 bits per heavy atom. The van der Waals surface area contributed by atoms with Crippen molar-refractivity contribution in [3.05, 3.63) is 59.2 Å². The summed E-state index contributed by atoms with van der Waals surface area (Å²) in [4.78, 5) is 27.7. The Hall–Kier alpha value is -3.21. The number of amides is 2. The van der Waals surface area contributed by atoms with Crippen molar-refractivity contribution < 1.29 is 36.3 Å². The molecule has 0 radical (unpaired) electrons. The summed E-state index contributed by atoms with van der Waals surface area (Å²) in [6.07, 6.45) is -3.44. The highest BCUT2D eigenvalue weighted by molar-refractivity contribution is 6.00. The number of nitrogens with one attached hydrogen (secondary N) is 2. The molecule has 11 heteroatoms. The van der Waals surface area contributed by atoms with Crippen LogP contribution in [0.15, 0.2) is 36.4 Å². The molecule has 1 fully saturated rings. The molecule has 39 heavy (non-hydrogen) atoms. The summed E-state index contributed by atoms with van der Waals surface area (Å²) in [6, 6.07) is 7.45. The van der Waals surface area contributed by atoms with Gasteiger partial charge in [0.15, 0.2) is 0 Å². The van der Waals surface area contributed by atoms with Gasteiger partial charge in [-0.1, -0.05) is 18.6 Å². The molecule has 2 aliphatic rings. The van der Waals surface area contributed by atoms with E-state index >= 15 is 0 Å². The van der Waals surface area contributed by atoms with Crippen molar-refractivity contribution >= 4 is 12.0 Å². The number of fused-ring (bicyclic) bond motifs is 3. The molecular formula is C28H32F5N3O3. The number of ether oxygens (including phenoxy) is 1. The molecule has 0 spiro atoms. The highest BCUT2D eigenvalue weighted by Gasteiger charge is 2.49. The lowest BCUT2D eigenvalue weighted by molar-refractivity contribution is -0.141. The Kier molecular flexibility index (Phi) is 7.93. The minimum Gasteiger partial charge on any atom is -0.444 e. The van der Waals surface area contributed by atoms with Gasteiger partial charge >= 0.3 is 12.3 Å². The van der Waals surface area contributed by atoms with Crippen molar-refractivity contribution in [2.45, 2.75) is 69.8 Å². The van der Waals surface area contributed by atoms with E-state index in [0.717, 1.165) is 25.1 Å². The lowest BCUT2D eigenvalue weighted by atomic mass is 9.73. The predicted octanol–water partition coefficient (Wildman–Crippen LogP) is 5.64. The van der Waals surface area contributed by atoms with Crippen LogP contribution in [0.3, 0.4) is 0 Å². The average Bonchev–Trinajstić information content (AvgIpc) is 3.07. The van der Waals surface area contributed by atoms with E-state index in [9.17, 15) is 31.5 Å². The molecule has 4 rings (SSSR count). The first-order valence-electron chi connectivity index (χ1n) is 12.9. The third-order valence-electron chi connectivity index (χ3n) is 7.07. The number of carbonyl (C=O) groups is 2. The van der Waals surface area contributed by atoms with Crippen molar-refractivity contribution in [3.8, 4) is 11.1 Å². The molecule has 212 valence electrons. The number of alkyl carbamates (subject to hydrolysis) is 1. The number of unbranched alkanes of at least 4 members (excludes halogenated alkanes) is 1. The molecule has 1 saturated heterocycles. The van der Waals surface area contributed by atoms with Gasteiger partial charge in [0.2, 0.25) is 5.91 Å². The summed E-state index contributed by atoms with van der Waals surface area (Å²) in [7, 11) is 0.